The Morgan fingerprint density at radius 2 is 1.77 bits per heavy atom. The third-order valence-electron chi connectivity index (χ3n) is 7.70. The normalized spacial score (nSPS) is 18.7. The van der Waals surface area contributed by atoms with Gasteiger partial charge in [-0.05, 0) is 72.5 Å². The topological polar surface area (TPSA) is 54.0 Å². The summed E-state index contributed by atoms with van der Waals surface area (Å²) in [4.78, 5) is 17.9. The number of nitrogens with zero attached hydrogens (tertiary/aromatic N) is 2. The first-order valence-electron chi connectivity index (χ1n) is 13.0. The molecule has 3 aromatic rings. The van der Waals surface area contributed by atoms with Crippen molar-refractivity contribution in [1.82, 2.24) is 5.32 Å². The standard InChI is InChI=1S/C30H32F3N3O3/c1-38-24-10-8-23(9-11-24)35-15-16-36-26-12-7-22(30(31,32)33)17-21(26)18-25(27(36)19-35)29(37)34-14-13-20-5-3-4-6-28(20)39-2/h3-12,17,25,27H,13-16,18-19H2,1-2H3,(H,34,37)/t25-,27-/m1/s1. The zero-order valence-electron chi connectivity index (χ0n) is 22.0. The fourth-order valence-corrected chi connectivity index (χ4v) is 5.69. The molecule has 1 N–H and O–H groups in total. The van der Waals surface area contributed by atoms with E-state index in [-0.39, 0.29) is 18.4 Å². The van der Waals surface area contributed by atoms with Gasteiger partial charge in [0.05, 0.1) is 31.7 Å². The van der Waals surface area contributed by atoms with E-state index >= 15 is 0 Å². The summed E-state index contributed by atoms with van der Waals surface area (Å²) in [5.74, 6) is 0.864. The minimum Gasteiger partial charge on any atom is -0.497 e. The van der Waals surface area contributed by atoms with Crippen molar-refractivity contribution in [1.29, 1.82) is 0 Å². The minimum atomic E-state index is -4.44. The van der Waals surface area contributed by atoms with Gasteiger partial charge in [-0.2, -0.15) is 13.2 Å². The van der Waals surface area contributed by atoms with Crippen LogP contribution in [0.3, 0.4) is 0 Å². The SMILES string of the molecule is COc1ccc(N2CCN3c4ccc(C(F)(F)F)cc4C[C@@H](C(=O)NCCc4ccccc4OC)[C@H]3C2)cc1. The molecule has 9 heteroatoms. The molecule has 0 unspecified atom stereocenters. The van der Waals surface area contributed by atoms with Crippen molar-refractivity contribution in [2.24, 2.45) is 5.92 Å². The number of ether oxygens (including phenoxy) is 2. The Labute approximate surface area is 226 Å². The minimum absolute atomic E-state index is 0.153. The molecule has 1 amide bonds. The van der Waals surface area contributed by atoms with Crippen LogP contribution in [-0.4, -0.2) is 52.3 Å². The highest BCUT2D eigenvalue weighted by molar-refractivity contribution is 5.82. The van der Waals surface area contributed by atoms with Crippen LogP contribution in [0.1, 0.15) is 16.7 Å². The molecule has 2 atom stereocenters. The average Bonchev–Trinajstić information content (AvgIpc) is 2.95. The van der Waals surface area contributed by atoms with Crippen molar-refractivity contribution in [2.75, 3.05) is 50.2 Å². The van der Waals surface area contributed by atoms with Gasteiger partial charge in [-0.1, -0.05) is 18.2 Å². The largest absolute Gasteiger partial charge is 0.497 e. The van der Waals surface area contributed by atoms with Gasteiger partial charge in [0.25, 0.3) is 0 Å². The van der Waals surface area contributed by atoms with Gasteiger partial charge in [-0.3, -0.25) is 4.79 Å². The number of methoxy groups -OCH3 is 2. The lowest BCUT2D eigenvalue weighted by molar-refractivity contribution is -0.137. The molecule has 0 radical (unpaired) electrons. The number of fused-ring (bicyclic) bond motifs is 3. The van der Waals surface area contributed by atoms with E-state index in [4.69, 9.17) is 9.47 Å². The second-order valence-electron chi connectivity index (χ2n) is 9.91. The Bertz CT molecular complexity index is 1310. The van der Waals surface area contributed by atoms with Crippen LogP contribution in [-0.2, 0) is 23.8 Å². The quantitative estimate of drug-likeness (QED) is 0.461. The van der Waals surface area contributed by atoms with Gasteiger partial charge in [0.1, 0.15) is 11.5 Å². The molecule has 0 aromatic heterocycles. The molecular formula is C30H32F3N3O3. The summed E-state index contributed by atoms with van der Waals surface area (Å²) in [6, 6.07) is 19.1. The van der Waals surface area contributed by atoms with E-state index in [2.05, 4.69) is 15.1 Å². The van der Waals surface area contributed by atoms with Crippen molar-refractivity contribution < 1.29 is 27.4 Å². The number of halogens is 3. The number of benzene rings is 3. The van der Waals surface area contributed by atoms with Crippen LogP contribution in [0, 0.1) is 5.92 Å². The molecule has 6 nitrogen and oxygen atoms in total. The lowest BCUT2D eigenvalue weighted by atomic mass is 9.82. The number of carbonyl (C=O) groups excluding carboxylic acids is 1. The number of anilines is 2. The first-order chi connectivity index (χ1) is 18.8. The molecule has 1 saturated heterocycles. The molecule has 3 aromatic carbocycles. The summed E-state index contributed by atoms with van der Waals surface area (Å²) in [5.41, 5.74) is 2.65. The molecule has 2 aliphatic rings. The molecule has 5 rings (SSSR count). The second kappa shape index (κ2) is 11.1. The summed E-state index contributed by atoms with van der Waals surface area (Å²) in [6.07, 6.45) is -3.60. The number of hydrogen-bond donors (Lipinski definition) is 1. The van der Waals surface area contributed by atoms with Crippen LogP contribution >= 0.6 is 0 Å². The monoisotopic (exact) mass is 539 g/mol. The third kappa shape index (κ3) is 5.62. The summed E-state index contributed by atoms with van der Waals surface area (Å²) >= 11 is 0. The van der Waals surface area contributed by atoms with Crippen molar-refractivity contribution in [2.45, 2.75) is 25.1 Å². The molecular weight excluding hydrogens is 507 g/mol. The first-order valence-corrected chi connectivity index (χ1v) is 13.0. The maximum Gasteiger partial charge on any atom is 0.416 e. The Kier molecular flexibility index (Phi) is 7.59. The van der Waals surface area contributed by atoms with Crippen molar-refractivity contribution in [3.8, 4) is 11.5 Å². The van der Waals surface area contributed by atoms with Gasteiger partial charge in [0, 0.05) is 37.6 Å². The fraction of sp³-hybridized carbons (Fsp3) is 0.367. The molecule has 206 valence electrons. The van der Waals surface area contributed by atoms with E-state index in [1.165, 1.54) is 6.07 Å². The number of piperazine rings is 1. The van der Waals surface area contributed by atoms with Gasteiger partial charge in [-0.15, -0.1) is 0 Å². The molecule has 39 heavy (non-hydrogen) atoms. The van der Waals surface area contributed by atoms with E-state index in [1.807, 2.05) is 48.5 Å². The Morgan fingerprint density at radius 3 is 2.49 bits per heavy atom. The molecule has 2 aliphatic heterocycles. The number of rotatable bonds is 7. The number of alkyl halides is 3. The lowest BCUT2D eigenvalue weighted by Crippen LogP contribution is -2.61. The molecule has 0 spiro atoms. The summed E-state index contributed by atoms with van der Waals surface area (Å²) in [6.45, 7) is 2.27. The van der Waals surface area contributed by atoms with E-state index in [9.17, 15) is 18.0 Å². The van der Waals surface area contributed by atoms with Crippen LogP contribution in [0.4, 0.5) is 24.5 Å². The third-order valence-corrected chi connectivity index (χ3v) is 7.70. The van der Waals surface area contributed by atoms with E-state index in [0.29, 0.717) is 38.2 Å². The van der Waals surface area contributed by atoms with Gasteiger partial charge in [0.2, 0.25) is 5.91 Å². The van der Waals surface area contributed by atoms with Gasteiger partial charge in [-0.25, -0.2) is 0 Å². The van der Waals surface area contributed by atoms with E-state index in [0.717, 1.165) is 34.5 Å². The van der Waals surface area contributed by atoms with Gasteiger partial charge >= 0.3 is 6.18 Å². The summed E-state index contributed by atoms with van der Waals surface area (Å²) < 4.78 is 51.2. The van der Waals surface area contributed by atoms with Crippen LogP contribution in [0.15, 0.2) is 66.7 Å². The predicted octanol–water partition coefficient (Wildman–Crippen LogP) is 4.95. The van der Waals surface area contributed by atoms with Crippen LogP contribution in [0.5, 0.6) is 11.5 Å². The molecule has 2 heterocycles. The second-order valence-corrected chi connectivity index (χ2v) is 9.91. The van der Waals surface area contributed by atoms with Gasteiger partial charge < -0.3 is 24.6 Å². The fourth-order valence-electron chi connectivity index (χ4n) is 5.69. The highest BCUT2D eigenvalue weighted by Gasteiger charge is 2.42. The van der Waals surface area contributed by atoms with Crippen molar-refractivity contribution >= 4 is 17.3 Å². The molecule has 1 fully saturated rings. The Hall–Kier alpha value is -3.88. The van der Waals surface area contributed by atoms with Crippen LogP contribution < -0.4 is 24.6 Å². The predicted molar refractivity (Wildman–Crippen MR) is 145 cm³/mol. The first kappa shape index (κ1) is 26.7. The maximum absolute atomic E-state index is 13.6. The maximum atomic E-state index is 13.6. The Morgan fingerprint density at radius 1 is 1.00 bits per heavy atom. The summed E-state index contributed by atoms with van der Waals surface area (Å²) in [7, 11) is 3.23. The number of amides is 1. The zero-order valence-corrected chi connectivity index (χ0v) is 22.0. The van der Waals surface area contributed by atoms with Crippen LogP contribution in [0.2, 0.25) is 0 Å². The number of hydrogen-bond acceptors (Lipinski definition) is 5. The van der Waals surface area contributed by atoms with E-state index in [1.54, 1.807) is 20.3 Å². The number of carbonyl (C=O) groups is 1. The smallest absolute Gasteiger partial charge is 0.416 e. The van der Waals surface area contributed by atoms with Crippen LogP contribution in [0.25, 0.3) is 0 Å². The Balaban J connectivity index is 1.38. The molecule has 0 saturated carbocycles. The molecule has 0 aliphatic carbocycles. The van der Waals surface area contributed by atoms with Crippen molar-refractivity contribution in [3.05, 3.63) is 83.4 Å². The number of para-hydroxylation sites is 1. The molecule has 0 bridgehead atoms. The van der Waals surface area contributed by atoms with E-state index < -0.39 is 17.7 Å². The van der Waals surface area contributed by atoms with Gasteiger partial charge in [0.15, 0.2) is 0 Å². The number of nitrogens with one attached hydrogen (secondary N) is 1. The summed E-state index contributed by atoms with van der Waals surface area (Å²) in [5, 5.41) is 3.05. The van der Waals surface area contributed by atoms with Crippen molar-refractivity contribution in [3.63, 3.8) is 0 Å². The zero-order chi connectivity index (χ0) is 27.6. The lowest BCUT2D eigenvalue weighted by Gasteiger charge is -2.49. The highest BCUT2D eigenvalue weighted by atomic mass is 19.4. The average molecular weight is 540 g/mol. The highest BCUT2D eigenvalue weighted by Crippen LogP contribution is 2.40.